The van der Waals surface area contributed by atoms with Crippen LogP contribution in [0.1, 0.15) is 32.8 Å². The Labute approximate surface area is 164 Å². The van der Waals surface area contributed by atoms with Crippen molar-refractivity contribution in [2.45, 2.75) is 39.8 Å². The van der Waals surface area contributed by atoms with Gasteiger partial charge in [0, 0.05) is 31.1 Å². The van der Waals surface area contributed by atoms with Crippen molar-refractivity contribution in [3.63, 3.8) is 0 Å². The number of rotatable bonds is 8. The van der Waals surface area contributed by atoms with E-state index < -0.39 is 0 Å². The number of aromatic nitrogens is 3. The van der Waals surface area contributed by atoms with E-state index in [9.17, 15) is 4.79 Å². The van der Waals surface area contributed by atoms with Crippen LogP contribution in [0.2, 0.25) is 0 Å². The summed E-state index contributed by atoms with van der Waals surface area (Å²) in [6, 6.07) is 11.1. The number of benzene rings is 1. The average Bonchev–Trinajstić information content (AvgIpc) is 2.71. The number of hydrazone groups is 1. The van der Waals surface area contributed by atoms with Crippen LogP contribution in [-0.4, -0.2) is 33.0 Å². The molecular formula is C21H25N5O2. The molecule has 3 aromatic rings. The maximum Gasteiger partial charge on any atom is 0.262 e. The van der Waals surface area contributed by atoms with Gasteiger partial charge in [0.15, 0.2) is 0 Å². The van der Waals surface area contributed by atoms with Gasteiger partial charge in [-0.3, -0.25) is 14.3 Å². The molecule has 0 spiro atoms. The highest BCUT2D eigenvalue weighted by Gasteiger charge is 2.11. The van der Waals surface area contributed by atoms with Crippen molar-refractivity contribution in [1.82, 2.24) is 14.5 Å². The zero-order valence-electron chi connectivity index (χ0n) is 16.4. The van der Waals surface area contributed by atoms with Crippen LogP contribution in [0.4, 0.5) is 5.95 Å². The van der Waals surface area contributed by atoms with Crippen molar-refractivity contribution >= 4 is 22.6 Å². The fraction of sp³-hybridized carbons (Fsp3) is 0.333. The average molecular weight is 379 g/mol. The van der Waals surface area contributed by atoms with Gasteiger partial charge < -0.3 is 4.74 Å². The Morgan fingerprint density at radius 1 is 1.21 bits per heavy atom. The van der Waals surface area contributed by atoms with Gasteiger partial charge in [0.05, 0.1) is 22.7 Å². The van der Waals surface area contributed by atoms with Gasteiger partial charge >= 0.3 is 0 Å². The summed E-state index contributed by atoms with van der Waals surface area (Å²) in [7, 11) is 0. The van der Waals surface area contributed by atoms with E-state index in [0.29, 0.717) is 36.4 Å². The van der Waals surface area contributed by atoms with Gasteiger partial charge in [-0.1, -0.05) is 12.1 Å². The lowest BCUT2D eigenvalue weighted by Gasteiger charge is -2.14. The summed E-state index contributed by atoms with van der Waals surface area (Å²) in [5.74, 6) is 0.418. The van der Waals surface area contributed by atoms with Crippen LogP contribution < -0.4 is 11.0 Å². The van der Waals surface area contributed by atoms with E-state index in [1.54, 1.807) is 23.0 Å². The minimum Gasteiger partial charge on any atom is -0.379 e. The highest BCUT2D eigenvalue weighted by molar-refractivity contribution is 5.98. The molecule has 0 unspecified atom stereocenters. The van der Waals surface area contributed by atoms with E-state index in [0.717, 1.165) is 11.3 Å². The summed E-state index contributed by atoms with van der Waals surface area (Å²) >= 11 is 0. The fourth-order valence-electron chi connectivity index (χ4n) is 2.79. The van der Waals surface area contributed by atoms with Gasteiger partial charge in [0.2, 0.25) is 5.95 Å². The van der Waals surface area contributed by atoms with Crippen molar-refractivity contribution in [3.8, 4) is 0 Å². The SMILES string of the molecule is C/C(=N/Nc1nc2ccccc2c(=O)n1CCCOC(C)C)c1ccncc1. The lowest BCUT2D eigenvalue weighted by Crippen LogP contribution is -2.25. The molecule has 0 fully saturated rings. The molecule has 1 aromatic carbocycles. The Morgan fingerprint density at radius 3 is 2.71 bits per heavy atom. The molecule has 2 aromatic heterocycles. The monoisotopic (exact) mass is 379 g/mol. The molecule has 0 saturated heterocycles. The quantitative estimate of drug-likeness (QED) is 0.368. The fourth-order valence-corrected chi connectivity index (χ4v) is 2.79. The largest absolute Gasteiger partial charge is 0.379 e. The first-order chi connectivity index (χ1) is 13.6. The van der Waals surface area contributed by atoms with Crippen LogP contribution in [0.25, 0.3) is 10.9 Å². The van der Waals surface area contributed by atoms with Crippen LogP contribution in [0, 0.1) is 0 Å². The van der Waals surface area contributed by atoms with Gasteiger partial charge in [0.25, 0.3) is 5.56 Å². The van der Waals surface area contributed by atoms with Gasteiger partial charge in [-0.2, -0.15) is 5.10 Å². The molecule has 0 amide bonds. The second-order valence-corrected chi connectivity index (χ2v) is 6.73. The summed E-state index contributed by atoms with van der Waals surface area (Å²) in [5.41, 5.74) is 5.25. The normalized spacial score (nSPS) is 11.9. The molecule has 0 aliphatic rings. The standard InChI is InChI=1S/C21H25N5O2/c1-15(2)28-14-6-13-26-20(27)18-7-4-5-8-19(18)23-21(26)25-24-16(3)17-9-11-22-12-10-17/h4-5,7-12,15H,6,13-14H2,1-3H3,(H,23,25)/b24-16-. The molecule has 0 saturated carbocycles. The van der Waals surface area contributed by atoms with E-state index in [4.69, 9.17) is 4.74 Å². The van der Waals surface area contributed by atoms with Crippen LogP contribution >= 0.6 is 0 Å². The predicted octanol–water partition coefficient (Wildman–Crippen LogP) is 3.44. The van der Waals surface area contributed by atoms with Gasteiger partial charge in [-0.25, -0.2) is 10.4 Å². The molecule has 3 rings (SSSR count). The highest BCUT2D eigenvalue weighted by atomic mass is 16.5. The molecule has 146 valence electrons. The number of anilines is 1. The topological polar surface area (TPSA) is 81.4 Å². The third kappa shape index (κ3) is 4.80. The second-order valence-electron chi connectivity index (χ2n) is 6.73. The zero-order chi connectivity index (χ0) is 19.9. The van der Waals surface area contributed by atoms with Crippen molar-refractivity contribution < 1.29 is 4.74 Å². The Kier molecular flexibility index (Phi) is 6.49. The Bertz CT molecular complexity index is 1010. The third-order valence-corrected chi connectivity index (χ3v) is 4.26. The molecule has 2 heterocycles. The first kappa shape index (κ1) is 19.7. The first-order valence-corrected chi connectivity index (χ1v) is 9.38. The molecule has 0 aliphatic heterocycles. The predicted molar refractivity (Wildman–Crippen MR) is 112 cm³/mol. The lowest BCUT2D eigenvalue weighted by atomic mass is 10.2. The molecule has 7 heteroatoms. The second kappa shape index (κ2) is 9.23. The molecule has 0 aliphatic carbocycles. The molecular weight excluding hydrogens is 354 g/mol. The Hall–Kier alpha value is -3.06. The number of pyridine rings is 1. The van der Waals surface area contributed by atoms with Crippen molar-refractivity contribution in [2.75, 3.05) is 12.0 Å². The van der Waals surface area contributed by atoms with E-state index >= 15 is 0 Å². The van der Waals surface area contributed by atoms with Gasteiger partial charge in [0.1, 0.15) is 0 Å². The van der Waals surface area contributed by atoms with Crippen LogP contribution in [0.5, 0.6) is 0 Å². The maximum atomic E-state index is 13.0. The summed E-state index contributed by atoms with van der Waals surface area (Å²) in [5, 5.41) is 5.01. The van der Waals surface area contributed by atoms with Crippen molar-refractivity contribution in [2.24, 2.45) is 5.10 Å². The molecule has 0 bridgehead atoms. The summed E-state index contributed by atoms with van der Waals surface area (Å²) in [6.07, 6.45) is 4.30. The number of nitrogens with one attached hydrogen (secondary N) is 1. The smallest absolute Gasteiger partial charge is 0.262 e. The van der Waals surface area contributed by atoms with Crippen LogP contribution in [0.15, 0.2) is 58.7 Å². The van der Waals surface area contributed by atoms with Crippen molar-refractivity contribution in [1.29, 1.82) is 0 Å². The summed E-state index contributed by atoms with van der Waals surface area (Å²) < 4.78 is 7.22. The number of ether oxygens (including phenoxy) is 1. The Morgan fingerprint density at radius 2 is 1.96 bits per heavy atom. The van der Waals surface area contributed by atoms with Crippen LogP contribution in [-0.2, 0) is 11.3 Å². The Balaban J connectivity index is 1.90. The van der Waals surface area contributed by atoms with E-state index in [2.05, 4.69) is 20.5 Å². The number of nitrogens with zero attached hydrogens (tertiary/aromatic N) is 4. The minimum absolute atomic E-state index is 0.0885. The highest BCUT2D eigenvalue weighted by Crippen LogP contribution is 2.12. The third-order valence-electron chi connectivity index (χ3n) is 4.26. The van der Waals surface area contributed by atoms with E-state index in [1.165, 1.54) is 0 Å². The van der Waals surface area contributed by atoms with E-state index in [-0.39, 0.29) is 11.7 Å². The summed E-state index contributed by atoms with van der Waals surface area (Å²) in [6.45, 7) is 6.95. The molecule has 0 radical (unpaired) electrons. The zero-order valence-corrected chi connectivity index (χ0v) is 16.4. The molecule has 1 N–H and O–H groups in total. The van der Waals surface area contributed by atoms with Crippen LogP contribution in [0.3, 0.4) is 0 Å². The number of para-hydroxylation sites is 1. The van der Waals surface area contributed by atoms with Gasteiger partial charge in [-0.05, 0) is 51.5 Å². The first-order valence-electron chi connectivity index (χ1n) is 9.38. The molecule has 7 nitrogen and oxygen atoms in total. The lowest BCUT2D eigenvalue weighted by molar-refractivity contribution is 0.0748. The number of hydrogen-bond donors (Lipinski definition) is 1. The summed E-state index contributed by atoms with van der Waals surface area (Å²) in [4.78, 5) is 21.6. The van der Waals surface area contributed by atoms with E-state index in [1.807, 2.05) is 51.1 Å². The molecule has 0 atom stereocenters. The number of fused-ring (bicyclic) bond motifs is 1. The van der Waals surface area contributed by atoms with Crippen molar-refractivity contribution in [3.05, 3.63) is 64.7 Å². The van der Waals surface area contributed by atoms with Gasteiger partial charge in [-0.15, -0.1) is 0 Å². The number of hydrogen-bond acceptors (Lipinski definition) is 6. The molecule has 28 heavy (non-hydrogen) atoms. The maximum absolute atomic E-state index is 13.0. The minimum atomic E-state index is -0.0885.